The number of amides is 1. The van der Waals surface area contributed by atoms with E-state index in [9.17, 15) is 14.7 Å². The van der Waals surface area contributed by atoms with E-state index in [1.54, 1.807) is 32.9 Å². The minimum atomic E-state index is -1.05. The molecule has 6 heteroatoms. The molecule has 0 heterocycles. The van der Waals surface area contributed by atoms with Gasteiger partial charge in [0.25, 0.3) is 5.91 Å². The van der Waals surface area contributed by atoms with Crippen molar-refractivity contribution in [1.82, 2.24) is 5.32 Å². The zero-order chi connectivity index (χ0) is 18.5. The molecule has 0 spiro atoms. The second kappa shape index (κ2) is 8.15. The summed E-state index contributed by atoms with van der Waals surface area (Å²) in [6.07, 6.45) is 0.167. The van der Waals surface area contributed by atoms with Crippen molar-refractivity contribution in [2.45, 2.75) is 47.1 Å². The molecule has 0 saturated carbocycles. The van der Waals surface area contributed by atoms with Gasteiger partial charge in [0.1, 0.15) is 5.75 Å². The number of carbonyl (C=O) groups excluding carboxylic acids is 1. The Morgan fingerprint density at radius 3 is 2.25 bits per heavy atom. The predicted molar refractivity (Wildman–Crippen MR) is 91.5 cm³/mol. The summed E-state index contributed by atoms with van der Waals surface area (Å²) in [6.45, 7) is 9.29. The van der Waals surface area contributed by atoms with Gasteiger partial charge < -0.3 is 20.3 Å². The van der Waals surface area contributed by atoms with Crippen LogP contribution in [0.15, 0.2) is 12.1 Å². The normalized spacial score (nSPS) is 12.6. The Hall–Kier alpha value is -2.08. The van der Waals surface area contributed by atoms with E-state index in [2.05, 4.69) is 5.32 Å². The number of carboxylic acid groups (broad SMARTS) is 1. The third-order valence-corrected chi connectivity index (χ3v) is 3.64. The van der Waals surface area contributed by atoms with Gasteiger partial charge in [-0.2, -0.15) is 0 Å². The Labute approximate surface area is 142 Å². The SMILES string of the molecule is Cc1cc(C(=O)NCC(C)(C)CC(C)O)cc(C)c1OCC(=O)O. The van der Waals surface area contributed by atoms with Gasteiger partial charge in [-0.25, -0.2) is 4.79 Å². The van der Waals surface area contributed by atoms with E-state index in [0.29, 0.717) is 35.4 Å². The predicted octanol–water partition coefficient (Wildman–Crippen LogP) is 2.29. The number of nitrogens with one attached hydrogen (secondary N) is 1. The van der Waals surface area contributed by atoms with Crippen molar-refractivity contribution >= 4 is 11.9 Å². The van der Waals surface area contributed by atoms with E-state index in [1.165, 1.54) is 0 Å². The highest BCUT2D eigenvalue weighted by atomic mass is 16.5. The molecule has 0 radical (unpaired) electrons. The van der Waals surface area contributed by atoms with Gasteiger partial charge in [-0.15, -0.1) is 0 Å². The summed E-state index contributed by atoms with van der Waals surface area (Å²) in [4.78, 5) is 23.0. The Bertz CT molecular complexity index is 584. The van der Waals surface area contributed by atoms with E-state index in [-0.39, 0.29) is 11.3 Å². The first-order valence-corrected chi connectivity index (χ1v) is 7.94. The molecule has 134 valence electrons. The van der Waals surface area contributed by atoms with Crippen LogP contribution < -0.4 is 10.1 Å². The van der Waals surface area contributed by atoms with Gasteiger partial charge in [-0.3, -0.25) is 4.79 Å². The molecular weight excluding hydrogens is 310 g/mol. The molecule has 0 aliphatic carbocycles. The van der Waals surface area contributed by atoms with E-state index in [0.717, 1.165) is 0 Å². The topological polar surface area (TPSA) is 95.9 Å². The highest BCUT2D eigenvalue weighted by Gasteiger charge is 2.22. The van der Waals surface area contributed by atoms with Crippen LogP contribution in [-0.4, -0.2) is 41.3 Å². The lowest BCUT2D eigenvalue weighted by atomic mass is 9.87. The molecule has 0 aromatic heterocycles. The maximum Gasteiger partial charge on any atom is 0.341 e. The van der Waals surface area contributed by atoms with Gasteiger partial charge in [0.05, 0.1) is 6.10 Å². The zero-order valence-electron chi connectivity index (χ0n) is 15.0. The molecule has 1 aromatic rings. The summed E-state index contributed by atoms with van der Waals surface area (Å²) < 4.78 is 5.26. The standard InChI is InChI=1S/C18H27NO5/c1-11-6-14(7-12(2)16(11)24-9-15(21)22)17(23)19-10-18(4,5)8-13(3)20/h6-7,13,20H,8-10H2,1-5H3,(H,19,23)(H,21,22). The second-order valence-corrected chi connectivity index (χ2v) is 7.02. The number of aliphatic carboxylic acids is 1. The quantitative estimate of drug-likeness (QED) is 0.676. The lowest BCUT2D eigenvalue weighted by Crippen LogP contribution is -2.35. The molecule has 0 saturated heterocycles. The molecule has 0 aliphatic rings. The molecule has 24 heavy (non-hydrogen) atoms. The van der Waals surface area contributed by atoms with Crippen molar-refractivity contribution in [2.75, 3.05) is 13.2 Å². The van der Waals surface area contributed by atoms with Crippen molar-refractivity contribution in [2.24, 2.45) is 5.41 Å². The van der Waals surface area contributed by atoms with Crippen LogP contribution in [0.5, 0.6) is 5.75 Å². The average molecular weight is 337 g/mol. The van der Waals surface area contributed by atoms with Gasteiger partial charge in [0.15, 0.2) is 6.61 Å². The van der Waals surface area contributed by atoms with Gasteiger partial charge in [0, 0.05) is 12.1 Å². The van der Waals surface area contributed by atoms with Gasteiger partial charge in [0.2, 0.25) is 0 Å². The number of aryl methyl sites for hydroxylation is 2. The smallest absolute Gasteiger partial charge is 0.341 e. The molecular formula is C18H27NO5. The largest absolute Gasteiger partial charge is 0.481 e. The number of aliphatic hydroxyl groups is 1. The van der Waals surface area contributed by atoms with E-state index >= 15 is 0 Å². The van der Waals surface area contributed by atoms with Crippen molar-refractivity contribution in [3.8, 4) is 5.75 Å². The van der Waals surface area contributed by atoms with Gasteiger partial charge in [-0.05, 0) is 55.9 Å². The number of carbonyl (C=O) groups is 2. The summed E-state index contributed by atoms with van der Waals surface area (Å²) >= 11 is 0. The van der Waals surface area contributed by atoms with Crippen LogP contribution in [0.25, 0.3) is 0 Å². The van der Waals surface area contributed by atoms with Crippen molar-refractivity contribution in [1.29, 1.82) is 0 Å². The Balaban J connectivity index is 2.80. The van der Waals surface area contributed by atoms with Crippen molar-refractivity contribution in [3.05, 3.63) is 28.8 Å². The summed E-state index contributed by atoms with van der Waals surface area (Å²) in [5.41, 5.74) is 1.72. The number of aliphatic hydroxyl groups excluding tert-OH is 1. The highest BCUT2D eigenvalue weighted by molar-refractivity contribution is 5.95. The number of benzene rings is 1. The fourth-order valence-electron chi connectivity index (χ4n) is 2.74. The highest BCUT2D eigenvalue weighted by Crippen LogP contribution is 2.25. The first-order valence-electron chi connectivity index (χ1n) is 7.94. The van der Waals surface area contributed by atoms with Crippen molar-refractivity contribution < 1.29 is 24.5 Å². The molecule has 0 aliphatic heterocycles. The van der Waals surface area contributed by atoms with E-state index in [4.69, 9.17) is 9.84 Å². The number of carboxylic acids is 1. The molecule has 1 aromatic carbocycles. The third kappa shape index (κ3) is 6.20. The number of rotatable bonds is 8. The van der Waals surface area contributed by atoms with E-state index < -0.39 is 18.7 Å². The number of hydrogen-bond acceptors (Lipinski definition) is 4. The monoisotopic (exact) mass is 337 g/mol. The minimum absolute atomic E-state index is 0.204. The van der Waals surface area contributed by atoms with Crippen LogP contribution in [0.3, 0.4) is 0 Å². The Morgan fingerprint density at radius 1 is 1.25 bits per heavy atom. The maximum absolute atomic E-state index is 12.4. The van der Waals surface area contributed by atoms with Crippen LogP contribution in [0, 0.1) is 19.3 Å². The zero-order valence-corrected chi connectivity index (χ0v) is 15.0. The molecule has 0 bridgehead atoms. The lowest BCUT2D eigenvalue weighted by Gasteiger charge is -2.26. The fraction of sp³-hybridized carbons (Fsp3) is 0.556. The van der Waals surface area contributed by atoms with Crippen LogP contribution in [0.1, 0.15) is 48.7 Å². The maximum atomic E-state index is 12.4. The molecule has 0 fully saturated rings. The third-order valence-electron chi connectivity index (χ3n) is 3.64. The molecule has 1 rings (SSSR count). The Kier molecular flexibility index (Phi) is 6.78. The lowest BCUT2D eigenvalue weighted by molar-refractivity contribution is -0.139. The van der Waals surface area contributed by atoms with Gasteiger partial charge >= 0.3 is 5.97 Å². The summed E-state index contributed by atoms with van der Waals surface area (Å²) in [7, 11) is 0. The van der Waals surface area contributed by atoms with Crippen LogP contribution in [0.2, 0.25) is 0 Å². The average Bonchev–Trinajstić information content (AvgIpc) is 2.42. The minimum Gasteiger partial charge on any atom is -0.481 e. The van der Waals surface area contributed by atoms with Crippen LogP contribution >= 0.6 is 0 Å². The first kappa shape index (κ1) is 20.0. The number of ether oxygens (including phenoxy) is 1. The second-order valence-electron chi connectivity index (χ2n) is 7.02. The Morgan fingerprint density at radius 2 is 1.79 bits per heavy atom. The van der Waals surface area contributed by atoms with Gasteiger partial charge in [-0.1, -0.05) is 13.8 Å². The summed E-state index contributed by atoms with van der Waals surface area (Å²) in [5.74, 6) is -0.760. The number of hydrogen-bond donors (Lipinski definition) is 3. The van der Waals surface area contributed by atoms with Crippen molar-refractivity contribution in [3.63, 3.8) is 0 Å². The molecule has 1 amide bonds. The summed E-state index contributed by atoms with van der Waals surface area (Å²) in [6, 6.07) is 3.36. The first-order chi connectivity index (χ1) is 11.0. The molecule has 6 nitrogen and oxygen atoms in total. The fourth-order valence-corrected chi connectivity index (χ4v) is 2.74. The summed E-state index contributed by atoms with van der Waals surface area (Å²) in [5, 5.41) is 21.1. The van der Waals surface area contributed by atoms with Crippen LogP contribution in [-0.2, 0) is 4.79 Å². The molecule has 1 atom stereocenters. The molecule has 1 unspecified atom stereocenters. The molecule has 3 N–H and O–H groups in total. The van der Waals surface area contributed by atoms with Crippen LogP contribution in [0.4, 0.5) is 0 Å². The van der Waals surface area contributed by atoms with E-state index in [1.807, 2.05) is 13.8 Å².